The molecule has 1 aromatic heterocycles. The lowest BCUT2D eigenvalue weighted by atomic mass is 10.0. The van der Waals surface area contributed by atoms with Crippen molar-refractivity contribution in [1.29, 1.82) is 5.41 Å². The third-order valence-corrected chi connectivity index (χ3v) is 6.79. The molecule has 2 heterocycles. The molecule has 234 valence electrons. The molecule has 4 rings (SSSR count). The predicted molar refractivity (Wildman–Crippen MR) is 158 cm³/mol. The number of carbonyl (C=O) groups is 2. The fourth-order valence-electron chi connectivity index (χ4n) is 4.52. The Morgan fingerprint density at radius 2 is 1.77 bits per heavy atom. The van der Waals surface area contributed by atoms with Crippen LogP contribution in [0.25, 0.3) is 0 Å². The van der Waals surface area contributed by atoms with Crippen molar-refractivity contribution in [1.82, 2.24) is 14.8 Å². The van der Waals surface area contributed by atoms with Crippen molar-refractivity contribution in [3.8, 4) is 29.0 Å². The number of nitrogens with two attached hydrogens (primary N) is 1. The number of ether oxygens (including phenoxy) is 3. The molecule has 0 atom stereocenters. The third kappa shape index (κ3) is 7.69. The summed E-state index contributed by atoms with van der Waals surface area (Å²) in [7, 11) is 3.16. The van der Waals surface area contributed by atoms with Crippen LogP contribution in [0.3, 0.4) is 0 Å². The summed E-state index contributed by atoms with van der Waals surface area (Å²) in [5.74, 6) is -5.31. The van der Waals surface area contributed by atoms with Crippen LogP contribution >= 0.6 is 0 Å². The van der Waals surface area contributed by atoms with Crippen molar-refractivity contribution >= 4 is 23.4 Å². The molecule has 0 aliphatic carbocycles. The summed E-state index contributed by atoms with van der Waals surface area (Å²) >= 11 is 0. The minimum Gasteiger partial charge on any atom is -0.504 e. The highest BCUT2D eigenvalue weighted by Crippen LogP contribution is 2.39. The first-order valence-electron chi connectivity index (χ1n) is 13.8. The lowest BCUT2D eigenvalue weighted by Crippen LogP contribution is -2.42. The van der Waals surface area contributed by atoms with Crippen molar-refractivity contribution in [2.45, 2.75) is 25.8 Å². The van der Waals surface area contributed by atoms with Gasteiger partial charge >= 0.3 is 5.97 Å². The highest BCUT2D eigenvalue weighted by atomic mass is 19.1. The molecule has 1 aliphatic rings. The van der Waals surface area contributed by atoms with Gasteiger partial charge in [0.2, 0.25) is 11.6 Å². The van der Waals surface area contributed by atoms with Gasteiger partial charge in [0.15, 0.2) is 11.5 Å². The fraction of sp³-hybridized carbons (Fsp3) is 0.333. The average Bonchev–Trinajstić information content (AvgIpc) is 2.99. The summed E-state index contributed by atoms with van der Waals surface area (Å²) in [6.45, 7) is 3.08. The third-order valence-electron chi connectivity index (χ3n) is 6.79. The number of benzene rings is 2. The first-order chi connectivity index (χ1) is 21.0. The van der Waals surface area contributed by atoms with Gasteiger partial charge in [-0.3, -0.25) is 19.9 Å². The van der Waals surface area contributed by atoms with Gasteiger partial charge in [0, 0.05) is 44.4 Å². The molecule has 0 bridgehead atoms. The molecular formula is C30H34F2N6O6. The molecule has 0 spiro atoms. The number of phenols is 1. The SMILES string of the molecule is CCOC(=O)CN1CCC(Nc2c(F)c(Oc3cccc(C(=O)N(C)C)c3)nc(Oc3cc(C(=N)N)ccc3O)c2F)CC1. The number of pyridine rings is 1. The molecule has 2 aromatic carbocycles. The zero-order valence-corrected chi connectivity index (χ0v) is 24.5. The Balaban J connectivity index is 1.66. The number of amides is 1. The molecule has 1 saturated heterocycles. The summed E-state index contributed by atoms with van der Waals surface area (Å²) in [5.41, 5.74) is 5.42. The molecule has 1 amide bonds. The number of hydrogen-bond acceptors (Lipinski definition) is 10. The van der Waals surface area contributed by atoms with Gasteiger partial charge in [-0.15, -0.1) is 0 Å². The number of anilines is 1. The monoisotopic (exact) mass is 612 g/mol. The fourth-order valence-corrected chi connectivity index (χ4v) is 4.52. The largest absolute Gasteiger partial charge is 0.504 e. The maximum absolute atomic E-state index is 15.9. The van der Waals surface area contributed by atoms with Crippen molar-refractivity contribution in [2.75, 3.05) is 45.7 Å². The number of carbonyl (C=O) groups excluding carboxylic acids is 2. The molecule has 1 fully saturated rings. The number of piperidine rings is 1. The maximum atomic E-state index is 15.9. The lowest BCUT2D eigenvalue weighted by molar-refractivity contribution is -0.144. The van der Waals surface area contributed by atoms with E-state index in [1.54, 1.807) is 33.2 Å². The Morgan fingerprint density at radius 3 is 2.41 bits per heavy atom. The van der Waals surface area contributed by atoms with E-state index >= 15 is 8.78 Å². The van der Waals surface area contributed by atoms with Gasteiger partial charge in [0.25, 0.3) is 17.7 Å². The van der Waals surface area contributed by atoms with E-state index in [0.717, 1.165) is 0 Å². The number of nitrogens with zero attached hydrogens (tertiary/aromatic N) is 3. The predicted octanol–water partition coefficient (Wildman–Crippen LogP) is 4.08. The number of halogens is 2. The van der Waals surface area contributed by atoms with Crippen LogP contribution in [0.1, 0.15) is 35.7 Å². The maximum Gasteiger partial charge on any atom is 0.320 e. The molecular weight excluding hydrogens is 578 g/mol. The number of phenolic OH excluding ortho intramolecular Hbond substituents is 1. The summed E-state index contributed by atoms with van der Waals surface area (Å²) in [5, 5.41) is 20.9. The molecule has 5 N–H and O–H groups in total. The van der Waals surface area contributed by atoms with E-state index in [0.29, 0.717) is 25.9 Å². The summed E-state index contributed by atoms with van der Waals surface area (Å²) < 4.78 is 48.0. The van der Waals surface area contributed by atoms with Gasteiger partial charge in [0.1, 0.15) is 17.3 Å². The number of likely N-dealkylation sites (tertiary alicyclic amines) is 1. The highest BCUT2D eigenvalue weighted by molar-refractivity contribution is 5.95. The van der Waals surface area contributed by atoms with E-state index < -0.39 is 34.8 Å². The molecule has 0 saturated carbocycles. The van der Waals surface area contributed by atoms with Gasteiger partial charge < -0.3 is 35.3 Å². The lowest BCUT2D eigenvalue weighted by Gasteiger charge is -2.32. The van der Waals surface area contributed by atoms with Gasteiger partial charge in [-0.25, -0.2) is 0 Å². The number of rotatable bonds is 11. The number of aromatic nitrogens is 1. The van der Waals surface area contributed by atoms with E-state index in [1.807, 2.05) is 4.90 Å². The summed E-state index contributed by atoms with van der Waals surface area (Å²) in [6, 6.07) is 9.39. The van der Waals surface area contributed by atoms with E-state index in [-0.39, 0.29) is 59.5 Å². The van der Waals surface area contributed by atoms with Crippen LogP contribution < -0.4 is 20.5 Å². The van der Waals surface area contributed by atoms with Crippen LogP contribution in [0.4, 0.5) is 14.5 Å². The number of hydrogen-bond donors (Lipinski definition) is 4. The summed E-state index contributed by atoms with van der Waals surface area (Å²) in [6.07, 6.45) is 0.923. The normalized spacial score (nSPS) is 13.7. The van der Waals surface area contributed by atoms with Crippen LogP contribution in [0.5, 0.6) is 29.0 Å². The first-order valence-corrected chi connectivity index (χ1v) is 13.8. The highest BCUT2D eigenvalue weighted by Gasteiger charge is 2.28. The Kier molecular flexibility index (Phi) is 10.2. The standard InChI is InChI=1S/C30H34F2N6O6/c1-4-42-23(40)16-38-12-10-19(11-13-38)35-26-24(31)28(43-20-7-5-6-18(14-20)30(41)37(2)3)36-29(25(26)32)44-22-15-17(27(33)34)8-9-21(22)39/h5-9,14-15,19,39H,4,10-13,16H2,1-3H3,(H3,33,34)(H,35,36). The Hall–Kier alpha value is -4.98. The van der Waals surface area contributed by atoms with Crippen LogP contribution in [0.2, 0.25) is 0 Å². The quantitative estimate of drug-likeness (QED) is 0.141. The van der Waals surface area contributed by atoms with Gasteiger partial charge in [-0.1, -0.05) is 6.07 Å². The van der Waals surface area contributed by atoms with Crippen molar-refractivity contribution in [3.63, 3.8) is 0 Å². The number of aromatic hydroxyl groups is 1. The van der Waals surface area contributed by atoms with Crippen LogP contribution in [-0.4, -0.2) is 84.0 Å². The molecule has 1 aliphatic heterocycles. The molecule has 44 heavy (non-hydrogen) atoms. The Labute approximate surface area is 252 Å². The minimum atomic E-state index is -1.19. The van der Waals surface area contributed by atoms with Crippen LogP contribution in [0, 0.1) is 17.0 Å². The number of nitrogens with one attached hydrogen (secondary N) is 2. The van der Waals surface area contributed by atoms with Crippen LogP contribution in [-0.2, 0) is 9.53 Å². The molecule has 14 heteroatoms. The van der Waals surface area contributed by atoms with E-state index in [4.69, 9.17) is 25.4 Å². The van der Waals surface area contributed by atoms with Gasteiger partial charge in [-0.2, -0.15) is 13.8 Å². The second-order valence-corrected chi connectivity index (χ2v) is 10.3. The van der Waals surface area contributed by atoms with Gasteiger partial charge in [-0.05, 0) is 56.2 Å². The van der Waals surface area contributed by atoms with Gasteiger partial charge in [0.05, 0.1) is 13.2 Å². The number of esters is 1. The molecule has 0 unspecified atom stereocenters. The second-order valence-electron chi connectivity index (χ2n) is 10.3. The Bertz CT molecular complexity index is 1540. The molecule has 12 nitrogen and oxygen atoms in total. The molecule has 0 radical (unpaired) electrons. The number of nitrogen functional groups attached to an aromatic ring is 1. The van der Waals surface area contributed by atoms with Crippen molar-refractivity contribution in [3.05, 3.63) is 65.2 Å². The summed E-state index contributed by atoms with van der Waals surface area (Å²) in [4.78, 5) is 31.5. The topological polar surface area (TPSA) is 163 Å². The Morgan fingerprint density at radius 1 is 1.09 bits per heavy atom. The van der Waals surface area contributed by atoms with E-state index in [2.05, 4.69) is 10.3 Å². The average molecular weight is 613 g/mol. The van der Waals surface area contributed by atoms with E-state index in [1.165, 1.54) is 35.2 Å². The second kappa shape index (κ2) is 14.0. The smallest absolute Gasteiger partial charge is 0.320 e. The minimum absolute atomic E-state index is 0.0568. The first kappa shape index (κ1) is 31.9. The van der Waals surface area contributed by atoms with E-state index in [9.17, 15) is 14.7 Å². The van der Waals surface area contributed by atoms with Crippen molar-refractivity contribution in [2.24, 2.45) is 5.73 Å². The zero-order valence-electron chi connectivity index (χ0n) is 24.5. The molecule has 3 aromatic rings. The number of amidine groups is 1. The van der Waals surface area contributed by atoms with Crippen LogP contribution in [0.15, 0.2) is 42.5 Å². The van der Waals surface area contributed by atoms with Crippen molar-refractivity contribution < 1.29 is 37.7 Å². The zero-order chi connectivity index (χ0) is 32.0.